The molecular formula is C16H22O2. The van der Waals surface area contributed by atoms with Crippen LogP contribution in [0, 0.1) is 12.3 Å². The maximum atomic E-state index is 12.6. The van der Waals surface area contributed by atoms with E-state index in [9.17, 15) is 9.90 Å². The number of aliphatic hydroxyl groups excluding tert-OH is 1. The summed E-state index contributed by atoms with van der Waals surface area (Å²) in [7, 11) is 0. The zero-order valence-electron chi connectivity index (χ0n) is 11.5. The van der Waals surface area contributed by atoms with Crippen molar-refractivity contribution in [2.45, 2.75) is 46.0 Å². The summed E-state index contributed by atoms with van der Waals surface area (Å²) >= 11 is 0. The fourth-order valence-electron chi connectivity index (χ4n) is 2.59. The van der Waals surface area contributed by atoms with Crippen LogP contribution in [-0.2, 0) is 0 Å². The van der Waals surface area contributed by atoms with Crippen molar-refractivity contribution in [1.29, 1.82) is 0 Å². The Morgan fingerprint density at radius 1 is 1.39 bits per heavy atom. The topological polar surface area (TPSA) is 37.3 Å². The third-order valence-corrected chi connectivity index (χ3v) is 4.27. The van der Waals surface area contributed by atoms with Crippen LogP contribution in [0.25, 0.3) is 0 Å². The first-order chi connectivity index (χ1) is 8.50. The molecule has 18 heavy (non-hydrogen) atoms. The van der Waals surface area contributed by atoms with E-state index in [4.69, 9.17) is 0 Å². The number of hydrogen-bond donors (Lipinski definition) is 1. The second-order valence-corrected chi connectivity index (χ2v) is 5.85. The lowest BCUT2D eigenvalue weighted by molar-refractivity contribution is 0.0347. The van der Waals surface area contributed by atoms with Crippen LogP contribution in [0.1, 0.15) is 60.5 Å². The predicted molar refractivity (Wildman–Crippen MR) is 73.0 cm³/mol. The standard InChI is InChI=1S/C16H22O2/c1-11(2)13-6-5-12(3)14(9-13)15(18)16(10-17)7-4-8-16/h5-6,9,11,17H,4,7-8,10H2,1-3H3. The Kier molecular flexibility index (Phi) is 3.58. The van der Waals surface area contributed by atoms with Crippen molar-refractivity contribution in [3.05, 3.63) is 34.9 Å². The van der Waals surface area contributed by atoms with Gasteiger partial charge >= 0.3 is 0 Å². The van der Waals surface area contributed by atoms with Gasteiger partial charge in [0, 0.05) is 5.56 Å². The first-order valence-corrected chi connectivity index (χ1v) is 6.76. The van der Waals surface area contributed by atoms with Gasteiger partial charge in [-0.1, -0.05) is 32.4 Å². The van der Waals surface area contributed by atoms with Gasteiger partial charge in [-0.05, 0) is 42.9 Å². The Balaban J connectivity index is 2.38. The zero-order chi connectivity index (χ0) is 13.3. The molecule has 1 aliphatic carbocycles. The van der Waals surface area contributed by atoms with Crippen LogP contribution in [0.3, 0.4) is 0 Å². The van der Waals surface area contributed by atoms with E-state index in [1.54, 1.807) is 0 Å². The fraction of sp³-hybridized carbons (Fsp3) is 0.562. The normalized spacial score (nSPS) is 17.6. The summed E-state index contributed by atoms with van der Waals surface area (Å²) in [5.74, 6) is 0.555. The number of hydrogen-bond acceptors (Lipinski definition) is 2. The summed E-state index contributed by atoms with van der Waals surface area (Å²) in [4.78, 5) is 12.6. The number of benzene rings is 1. The molecule has 1 aromatic rings. The summed E-state index contributed by atoms with van der Waals surface area (Å²) in [6, 6.07) is 6.12. The molecule has 2 rings (SSSR count). The van der Waals surface area contributed by atoms with Crippen molar-refractivity contribution in [2.75, 3.05) is 6.61 Å². The Labute approximate surface area is 109 Å². The van der Waals surface area contributed by atoms with Crippen LogP contribution in [0.4, 0.5) is 0 Å². The molecule has 1 aliphatic rings. The molecule has 98 valence electrons. The molecule has 2 heteroatoms. The van der Waals surface area contributed by atoms with Gasteiger partial charge in [-0.2, -0.15) is 0 Å². The molecule has 0 heterocycles. The molecule has 1 aromatic carbocycles. The van der Waals surface area contributed by atoms with Crippen LogP contribution < -0.4 is 0 Å². The van der Waals surface area contributed by atoms with Crippen LogP contribution >= 0.6 is 0 Å². The molecule has 0 aromatic heterocycles. The summed E-state index contributed by atoms with van der Waals surface area (Å²) in [5, 5.41) is 9.52. The quantitative estimate of drug-likeness (QED) is 0.826. The van der Waals surface area contributed by atoms with Crippen molar-refractivity contribution >= 4 is 5.78 Å². The van der Waals surface area contributed by atoms with E-state index in [1.807, 2.05) is 19.1 Å². The summed E-state index contributed by atoms with van der Waals surface area (Å²) in [5.41, 5.74) is 2.52. The second-order valence-electron chi connectivity index (χ2n) is 5.85. The Hall–Kier alpha value is -1.15. The number of aliphatic hydroxyl groups is 1. The highest BCUT2D eigenvalue weighted by molar-refractivity contribution is 6.02. The van der Waals surface area contributed by atoms with E-state index in [0.717, 1.165) is 30.4 Å². The smallest absolute Gasteiger partial charge is 0.171 e. The van der Waals surface area contributed by atoms with E-state index < -0.39 is 5.41 Å². The first kappa shape index (κ1) is 13.3. The van der Waals surface area contributed by atoms with Gasteiger partial charge in [0.1, 0.15) is 0 Å². The maximum absolute atomic E-state index is 12.6. The third-order valence-electron chi connectivity index (χ3n) is 4.27. The zero-order valence-corrected chi connectivity index (χ0v) is 11.5. The second kappa shape index (κ2) is 4.85. The van der Waals surface area contributed by atoms with Crippen molar-refractivity contribution in [3.8, 4) is 0 Å². The number of carbonyl (C=O) groups is 1. The minimum atomic E-state index is -0.486. The van der Waals surface area contributed by atoms with Gasteiger partial charge in [-0.3, -0.25) is 4.79 Å². The summed E-state index contributed by atoms with van der Waals surface area (Å²) in [6.45, 7) is 6.21. The van der Waals surface area contributed by atoms with Crippen molar-refractivity contribution < 1.29 is 9.90 Å². The van der Waals surface area contributed by atoms with Crippen LogP contribution in [0.15, 0.2) is 18.2 Å². The molecule has 0 unspecified atom stereocenters. The van der Waals surface area contributed by atoms with Gasteiger partial charge in [-0.15, -0.1) is 0 Å². The lowest BCUT2D eigenvalue weighted by Crippen LogP contribution is -2.41. The molecule has 0 saturated heterocycles. The molecule has 0 aliphatic heterocycles. The Morgan fingerprint density at radius 3 is 2.50 bits per heavy atom. The van der Waals surface area contributed by atoms with Crippen molar-refractivity contribution in [3.63, 3.8) is 0 Å². The Morgan fingerprint density at radius 2 is 2.06 bits per heavy atom. The number of Topliss-reactive ketones (excluding diaryl/α,β-unsaturated/α-hetero) is 1. The fourth-order valence-corrected chi connectivity index (χ4v) is 2.59. The average molecular weight is 246 g/mol. The van der Waals surface area contributed by atoms with E-state index in [-0.39, 0.29) is 12.4 Å². The minimum absolute atomic E-state index is 0.0167. The highest BCUT2D eigenvalue weighted by atomic mass is 16.3. The molecule has 0 bridgehead atoms. The SMILES string of the molecule is Cc1ccc(C(C)C)cc1C(=O)C1(CO)CCC1. The lowest BCUT2D eigenvalue weighted by Gasteiger charge is -2.39. The molecule has 0 spiro atoms. The highest BCUT2D eigenvalue weighted by Gasteiger charge is 2.44. The van der Waals surface area contributed by atoms with E-state index in [2.05, 4.69) is 19.9 Å². The molecule has 1 saturated carbocycles. The number of ketones is 1. The molecule has 1 N–H and O–H groups in total. The minimum Gasteiger partial charge on any atom is -0.395 e. The van der Waals surface area contributed by atoms with Gasteiger partial charge in [0.15, 0.2) is 5.78 Å². The molecular weight excluding hydrogens is 224 g/mol. The molecule has 0 radical (unpaired) electrons. The largest absolute Gasteiger partial charge is 0.395 e. The lowest BCUT2D eigenvalue weighted by atomic mass is 9.64. The Bertz CT molecular complexity index is 451. The average Bonchev–Trinajstić information content (AvgIpc) is 2.28. The maximum Gasteiger partial charge on any atom is 0.171 e. The molecule has 1 fully saturated rings. The van der Waals surface area contributed by atoms with Gasteiger partial charge < -0.3 is 5.11 Å². The monoisotopic (exact) mass is 246 g/mol. The van der Waals surface area contributed by atoms with Crippen LogP contribution in [0.2, 0.25) is 0 Å². The molecule has 2 nitrogen and oxygen atoms in total. The highest BCUT2D eigenvalue weighted by Crippen LogP contribution is 2.43. The van der Waals surface area contributed by atoms with E-state index in [1.165, 1.54) is 5.56 Å². The van der Waals surface area contributed by atoms with Gasteiger partial charge in [0.05, 0.1) is 12.0 Å². The number of aryl methyl sites for hydroxylation is 1. The number of rotatable bonds is 4. The molecule has 0 amide bonds. The van der Waals surface area contributed by atoms with Crippen LogP contribution in [-0.4, -0.2) is 17.5 Å². The van der Waals surface area contributed by atoms with Crippen molar-refractivity contribution in [2.24, 2.45) is 5.41 Å². The van der Waals surface area contributed by atoms with E-state index in [0.29, 0.717) is 5.92 Å². The van der Waals surface area contributed by atoms with Gasteiger partial charge in [0.2, 0.25) is 0 Å². The summed E-state index contributed by atoms with van der Waals surface area (Å²) in [6.07, 6.45) is 2.70. The van der Waals surface area contributed by atoms with Gasteiger partial charge in [0.25, 0.3) is 0 Å². The van der Waals surface area contributed by atoms with E-state index >= 15 is 0 Å². The molecule has 0 atom stereocenters. The number of carbonyl (C=O) groups excluding carboxylic acids is 1. The van der Waals surface area contributed by atoms with Gasteiger partial charge in [-0.25, -0.2) is 0 Å². The van der Waals surface area contributed by atoms with Crippen molar-refractivity contribution in [1.82, 2.24) is 0 Å². The predicted octanol–water partition coefficient (Wildman–Crippen LogP) is 3.46. The first-order valence-electron chi connectivity index (χ1n) is 6.76. The third kappa shape index (κ3) is 2.10. The summed E-state index contributed by atoms with van der Waals surface area (Å²) < 4.78 is 0. The van der Waals surface area contributed by atoms with Crippen LogP contribution in [0.5, 0.6) is 0 Å².